The Morgan fingerprint density at radius 3 is 2.41 bits per heavy atom. The lowest BCUT2D eigenvalue weighted by atomic mass is 9.84. The molecule has 0 spiro atoms. The molecule has 1 amide bonds. The molecular weight excluding hydrogens is 214 g/mol. The predicted molar refractivity (Wildman–Crippen MR) is 68.5 cm³/mol. The molecule has 2 heterocycles. The van der Waals surface area contributed by atoms with E-state index in [1.165, 1.54) is 45.2 Å². The zero-order chi connectivity index (χ0) is 12.1. The summed E-state index contributed by atoms with van der Waals surface area (Å²) in [5, 5.41) is 6.61. The van der Waals surface area contributed by atoms with Crippen LogP contribution in [0.15, 0.2) is 0 Å². The standard InChI is InChI=1S/C13H25N3O/c14-13(17)12-9-11(5-8-16-12)2-1-10-3-6-15-7-4-10/h10-12,15-16H,1-9H2,(H2,14,17). The van der Waals surface area contributed by atoms with E-state index in [1.807, 2.05) is 0 Å². The molecule has 4 N–H and O–H groups in total. The third-order valence-electron chi connectivity index (χ3n) is 4.30. The molecule has 2 saturated heterocycles. The first kappa shape index (κ1) is 12.8. The Morgan fingerprint density at radius 1 is 1.06 bits per heavy atom. The van der Waals surface area contributed by atoms with E-state index in [9.17, 15) is 4.79 Å². The largest absolute Gasteiger partial charge is 0.368 e. The summed E-state index contributed by atoms with van der Waals surface area (Å²) in [4.78, 5) is 11.2. The SMILES string of the molecule is NC(=O)C1CC(CCC2CCNCC2)CCN1. The summed E-state index contributed by atoms with van der Waals surface area (Å²) in [5.74, 6) is 1.42. The van der Waals surface area contributed by atoms with Crippen molar-refractivity contribution in [3.05, 3.63) is 0 Å². The van der Waals surface area contributed by atoms with Gasteiger partial charge in [-0.05, 0) is 57.2 Å². The Morgan fingerprint density at radius 2 is 1.71 bits per heavy atom. The van der Waals surface area contributed by atoms with E-state index in [2.05, 4.69) is 10.6 Å². The Bertz CT molecular complexity index is 251. The van der Waals surface area contributed by atoms with Crippen LogP contribution in [0.2, 0.25) is 0 Å². The fourth-order valence-electron chi connectivity index (χ4n) is 3.12. The lowest BCUT2D eigenvalue weighted by Gasteiger charge is -2.30. The molecule has 2 atom stereocenters. The molecule has 0 bridgehead atoms. The normalized spacial score (nSPS) is 31.3. The number of amides is 1. The first-order valence-electron chi connectivity index (χ1n) is 6.99. The molecule has 0 aromatic carbocycles. The van der Waals surface area contributed by atoms with Crippen molar-refractivity contribution in [2.24, 2.45) is 17.6 Å². The van der Waals surface area contributed by atoms with Crippen molar-refractivity contribution < 1.29 is 4.79 Å². The number of carbonyl (C=O) groups is 1. The zero-order valence-corrected chi connectivity index (χ0v) is 10.6. The van der Waals surface area contributed by atoms with Gasteiger partial charge in [0.05, 0.1) is 6.04 Å². The van der Waals surface area contributed by atoms with Crippen LogP contribution in [0.25, 0.3) is 0 Å². The van der Waals surface area contributed by atoms with E-state index in [-0.39, 0.29) is 11.9 Å². The van der Waals surface area contributed by atoms with Gasteiger partial charge in [0, 0.05) is 0 Å². The van der Waals surface area contributed by atoms with E-state index in [1.54, 1.807) is 0 Å². The van der Waals surface area contributed by atoms with Gasteiger partial charge >= 0.3 is 0 Å². The Hall–Kier alpha value is -0.610. The number of hydrogen-bond donors (Lipinski definition) is 3. The maximum absolute atomic E-state index is 11.2. The highest BCUT2D eigenvalue weighted by atomic mass is 16.1. The summed E-state index contributed by atoms with van der Waals surface area (Å²) in [7, 11) is 0. The quantitative estimate of drug-likeness (QED) is 0.674. The topological polar surface area (TPSA) is 67.2 Å². The fourth-order valence-corrected chi connectivity index (χ4v) is 3.12. The molecule has 2 fully saturated rings. The van der Waals surface area contributed by atoms with Crippen LogP contribution in [0, 0.1) is 11.8 Å². The third-order valence-corrected chi connectivity index (χ3v) is 4.30. The van der Waals surface area contributed by atoms with Gasteiger partial charge in [-0.2, -0.15) is 0 Å². The van der Waals surface area contributed by atoms with Crippen LogP contribution in [-0.2, 0) is 4.79 Å². The van der Waals surface area contributed by atoms with E-state index < -0.39 is 0 Å². The minimum atomic E-state index is -0.184. The number of carbonyl (C=O) groups excluding carboxylic acids is 1. The molecular formula is C13H25N3O. The number of nitrogens with one attached hydrogen (secondary N) is 2. The number of hydrogen-bond acceptors (Lipinski definition) is 3. The van der Waals surface area contributed by atoms with Crippen molar-refractivity contribution in [3.8, 4) is 0 Å². The van der Waals surface area contributed by atoms with Crippen molar-refractivity contribution in [1.29, 1.82) is 0 Å². The summed E-state index contributed by atoms with van der Waals surface area (Å²) in [6, 6.07) is -0.0817. The van der Waals surface area contributed by atoms with Gasteiger partial charge in [-0.1, -0.05) is 12.8 Å². The molecule has 4 heteroatoms. The smallest absolute Gasteiger partial charge is 0.234 e. The average Bonchev–Trinajstić information content (AvgIpc) is 2.38. The van der Waals surface area contributed by atoms with Crippen molar-refractivity contribution in [2.75, 3.05) is 19.6 Å². The highest BCUT2D eigenvalue weighted by Crippen LogP contribution is 2.26. The zero-order valence-electron chi connectivity index (χ0n) is 10.6. The number of rotatable bonds is 4. The van der Waals surface area contributed by atoms with E-state index in [0.717, 1.165) is 18.9 Å². The summed E-state index contributed by atoms with van der Waals surface area (Å²) < 4.78 is 0. The molecule has 0 aromatic heterocycles. The highest BCUT2D eigenvalue weighted by Gasteiger charge is 2.25. The van der Waals surface area contributed by atoms with Gasteiger partial charge in [0.25, 0.3) is 0 Å². The van der Waals surface area contributed by atoms with Crippen LogP contribution in [0.5, 0.6) is 0 Å². The first-order valence-corrected chi connectivity index (χ1v) is 6.99. The van der Waals surface area contributed by atoms with Gasteiger partial charge in [0.1, 0.15) is 0 Å². The Balaban J connectivity index is 1.69. The van der Waals surface area contributed by atoms with Crippen LogP contribution >= 0.6 is 0 Å². The van der Waals surface area contributed by atoms with Gasteiger partial charge in [0.15, 0.2) is 0 Å². The molecule has 2 rings (SSSR count). The molecule has 17 heavy (non-hydrogen) atoms. The minimum absolute atomic E-state index is 0.0817. The lowest BCUT2D eigenvalue weighted by molar-refractivity contribution is -0.120. The molecule has 2 aliphatic rings. The molecule has 0 aromatic rings. The van der Waals surface area contributed by atoms with E-state index >= 15 is 0 Å². The van der Waals surface area contributed by atoms with E-state index in [0.29, 0.717) is 5.92 Å². The molecule has 4 nitrogen and oxygen atoms in total. The van der Waals surface area contributed by atoms with Crippen molar-refractivity contribution in [1.82, 2.24) is 10.6 Å². The van der Waals surface area contributed by atoms with E-state index in [4.69, 9.17) is 5.73 Å². The molecule has 0 radical (unpaired) electrons. The van der Waals surface area contributed by atoms with Gasteiger partial charge in [-0.3, -0.25) is 4.79 Å². The summed E-state index contributed by atoms with van der Waals surface area (Å²) in [5.41, 5.74) is 5.36. The summed E-state index contributed by atoms with van der Waals surface area (Å²) in [6.45, 7) is 3.31. The van der Waals surface area contributed by atoms with Crippen LogP contribution in [0.4, 0.5) is 0 Å². The van der Waals surface area contributed by atoms with Gasteiger partial charge in [-0.15, -0.1) is 0 Å². The van der Waals surface area contributed by atoms with Gasteiger partial charge in [0.2, 0.25) is 5.91 Å². The van der Waals surface area contributed by atoms with Crippen LogP contribution in [0.1, 0.15) is 38.5 Å². The Labute approximate surface area is 104 Å². The van der Waals surface area contributed by atoms with Crippen molar-refractivity contribution >= 4 is 5.91 Å². The second-order valence-corrected chi connectivity index (χ2v) is 5.57. The second-order valence-electron chi connectivity index (χ2n) is 5.57. The Kier molecular flexibility index (Phi) is 4.80. The van der Waals surface area contributed by atoms with Crippen LogP contribution < -0.4 is 16.4 Å². The highest BCUT2D eigenvalue weighted by molar-refractivity contribution is 5.79. The van der Waals surface area contributed by atoms with Gasteiger partial charge in [-0.25, -0.2) is 0 Å². The lowest BCUT2D eigenvalue weighted by Crippen LogP contribution is -2.46. The maximum atomic E-state index is 11.2. The number of nitrogens with two attached hydrogens (primary N) is 1. The maximum Gasteiger partial charge on any atom is 0.234 e. The average molecular weight is 239 g/mol. The second kappa shape index (κ2) is 6.36. The first-order chi connectivity index (χ1) is 8.25. The third kappa shape index (κ3) is 3.96. The molecule has 0 saturated carbocycles. The van der Waals surface area contributed by atoms with Crippen LogP contribution in [-0.4, -0.2) is 31.6 Å². The number of piperidine rings is 2. The van der Waals surface area contributed by atoms with Crippen LogP contribution in [0.3, 0.4) is 0 Å². The minimum Gasteiger partial charge on any atom is -0.368 e. The fraction of sp³-hybridized carbons (Fsp3) is 0.923. The molecule has 0 aliphatic carbocycles. The van der Waals surface area contributed by atoms with Gasteiger partial charge < -0.3 is 16.4 Å². The molecule has 98 valence electrons. The summed E-state index contributed by atoms with van der Waals surface area (Å²) in [6.07, 6.45) is 7.40. The number of primary amides is 1. The predicted octanol–water partition coefficient (Wildman–Crippen LogP) is 0.620. The molecule has 2 unspecified atom stereocenters. The molecule has 2 aliphatic heterocycles. The summed E-state index contributed by atoms with van der Waals surface area (Å²) >= 11 is 0. The monoisotopic (exact) mass is 239 g/mol. The van der Waals surface area contributed by atoms with Crippen molar-refractivity contribution in [2.45, 2.75) is 44.6 Å². The van der Waals surface area contributed by atoms with Crippen molar-refractivity contribution in [3.63, 3.8) is 0 Å².